The molecule has 4 rings (SSSR count). The minimum absolute atomic E-state index is 0.0326. The molecule has 0 aromatic heterocycles. The zero-order valence-corrected chi connectivity index (χ0v) is 30.9. The number of carbonyl (C=O) groups excluding carboxylic acids is 2. The van der Waals surface area contributed by atoms with Crippen LogP contribution < -0.4 is 14.8 Å². The SMILES string of the molecule is COc1cc(NC(=O)C[C@@]2(C)C[C@H](c3cccc(Cl)c3)[C@@H](c3ccc(Cl)cc3)N([C@@H](CC(=N)NSC(C)C)C(C)C)C2=O)ccc1C(=O)O. The molecule has 1 aliphatic heterocycles. The van der Waals surface area contributed by atoms with Gasteiger partial charge >= 0.3 is 5.97 Å². The van der Waals surface area contributed by atoms with Crippen molar-refractivity contribution in [2.45, 2.75) is 77.1 Å². The molecule has 1 heterocycles. The van der Waals surface area contributed by atoms with E-state index in [1.807, 2.05) is 82.0 Å². The van der Waals surface area contributed by atoms with Crippen molar-refractivity contribution in [3.05, 3.63) is 93.5 Å². The van der Waals surface area contributed by atoms with E-state index < -0.39 is 29.4 Å². The maximum absolute atomic E-state index is 15.1. The van der Waals surface area contributed by atoms with Gasteiger partial charge in [0.05, 0.1) is 18.6 Å². The molecule has 0 aliphatic carbocycles. The molecule has 4 atom stereocenters. The third-order valence-electron chi connectivity index (χ3n) is 8.81. The van der Waals surface area contributed by atoms with Gasteiger partial charge in [-0.15, -0.1) is 0 Å². The fourth-order valence-corrected chi connectivity index (χ4v) is 7.30. The lowest BCUT2D eigenvalue weighted by Crippen LogP contribution is -2.58. The molecule has 0 unspecified atom stereocenters. The van der Waals surface area contributed by atoms with Crippen molar-refractivity contribution < 1.29 is 24.2 Å². The van der Waals surface area contributed by atoms with Crippen molar-refractivity contribution in [1.82, 2.24) is 9.62 Å². The second-order valence-electron chi connectivity index (χ2n) is 13.3. The average molecular weight is 728 g/mol. The normalized spacial score (nSPS) is 19.9. The number of nitrogens with one attached hydrogen (secondary N) is 3. The second-order valence-corrected chi connectivity index (χ2v) is 15.6. The molecule has 12 heteroatoms. The van der Waals surface area contributed by atoms with Crippen molar-refractivity contribution in [1.29, 1.82) is 5.41 Å². The summed E-state index contributed by atoms with van der Waals surface area (Å²) in [4.78, 5) is 42.3. The number of halogens is 2. The van der Waals surface area contributed by atoms with Gasteiger partial charge in [-0.3, -0.25) is 15.0 Å². The molecule has 49 heavy (non-hydrogen) atoms. The molecule has 1 fully saturated rings. The third-order valence-corrected chi connectivity index (χ3v) is 10.1. The predicted molar refractivity (Wildman–Crippen MR) is 198 cm³/mol. The molecule has 2 amide bonds. The topological polar surface area (TPSA) is 132 Å². The summed E-state index contributed by atoms with van der Waals surface area (Å²) in [6.45, 7) is 9.99. The number of benzene rings is 3. The van der Waals surface area contributed by atoms with E-state index in [0.29, 0.717) is 28.0 Å². The fourth-order valence-electron chi connectivity index (χ4n) is 6.51. The summed E-state index contributed by atoms with van der Waals surface area (Å²) in [6, 6.07) is 18.6. The molecule has 3 aromatic rings. The molecular weight excluding hydrogens is 683 g/mol. The minimum atomic E-state index is -1.15. The van der Waals surface area contributed by atoms with Crippen LogP contribution in [0.3, 0.4) is 0 Å². The van der Waals surface area contributed by atoms with Crippen LogP contribution in [0.1, 0.15) is 87.3 Å². The van der Waals surface area contributed by atoms with Crippen molar-refractivity contribution in [3.8, 4) is 5.75 Å². The number of rotatable bonds is 13. The van der Waals surface area contributed by atoms with Gasteiger partial charge in [0.15, 0.2) is 0 Å². The number of hydrogen-bond donors (Lipinski definition) is 4. The smallest absolute Gasteiger partial charge is 0.339 e. The van der Waals surface area contributed by atoms with E-state index in [1.54, 1.807) is 6.07 Å². The second kappa shape index (κ2) is 16.3. The van der Waals surface area contributed by atoms with E-state index in [9.17, 15) is 14.7 Å². The highest BCUT2D eigenvalue weighted by Crippen LogP contribution is 2.53. The Balaban J connectivity index is 1.80. The number of carbonyl (C=O) groups is 3. The van der Waals surface area contributed by atoms with Crippen LogP contribution in [-0.2, 0) is 9.59 Å². The van der Waals surface area contributed by atoms with Crippen molar-refractivity contribution in [3.63, 3.8) is 0 Å². The number of amides is 2. The molecule has 1 saturated heterocycles. The summed E-state index contributed by atoms with van der Waals surface area (Å²) in [6.07, 6.45) is 0.487. The number of carboxylic acids is 1. The summed E-state index contributed by atoms with van der Waals surface area (Å²) in [5.41, 5.74) is 0.983. The monoisotopic (exact) mass is 726 g/mol. The van der Waals surface area contributed by atoms with Crippen LogP contribution in [-0.4, -0.2) is 52.0 Å². The Morgan fingerprint density at radius 3 is 2.33 bits per heavy atom. The lowest BCUT2D eigenvalue weighted by Gasteiger charge is -2.53. The van der Waals surface area contributed by atoms with E-state index in [4.69, 9.17) is 33.3 Å². The first-order chi connectivity index (χ1) is 23.1. The van der Waals surface area contributed by atoms with Gasteiger partial charge in [0.2, 0.25) is 11.8 Å². The lowest BCUT2D eigenvalue weighted by molar-refractivity contribution is -0.158. The van der Waals surface area contributed by atoms with Crippen LogP contribution in [0.2, 0.25) is 10.0 Å². The minimum Gasteiger partial charge on any atom is -0.496 e. The maximum Gasteiger partial charge on any atom is 0.339 e. The number of amidine groups is 1. The highest BCUT2D eigenvalue weighted by Gasteiger charge is 2.53. The van der Waals surface area contributed by atoms with Gasteiger partial charge in [0, 0.05) is 51.9 Å². The van der Waals surface area contributed by atoms with Crippen LogP contribution in [0.5, 0.6) is 5.75 Å². The fraction of sp³-hybridized carbons (Fsp3) is 0.405. The Hall–Kier alpha value is -3.73. The molecule has 1 aliphatic rings. The number of methoxy groups -OCH3 is 1. The summed E-state index contributed by atoms with van der Waals surface area (Å²) in [5, 5.41) is 22.5. The van der Waals surface area contributed by atoms with Gasteiger partial charge in [-0.05, 0) is 71.8 Å². The van der Waals surface area contributed by atoms with Crippen LogP contribution >= 0.6 is 35.1 Å². The third kappa shape index (κ3) is 9.29. The van der Waals surface area contributed by atoms with E-state index in [0.717, 1.165) is 11.1 Å². The number of carboxylic acid groups (broad SMARTS) is 1. The van der Waals surface area contributed by atoms with Gasteiger partial charge in [-0.1, -0.05) is 82.1 Å². The average Bonchev–Trinajstić information content (AvgIpc) is 3.04. The first-order valence-electron chi connectivity index (χ1n) is 16.2. The lowest BCUT2D eigenvalue weighted by atomic mass is 9.66. The predicted octanol–water partition coefficient (Wildman–Crippen LogP) is 8.83. The number of piperidine rings is 1. The van der Waals surface area contributed by atoms with E-state index in [2.05, 4.69) is 10.0 Å². The molecule has 9 nitrogen and oxygen atoms in total. The number of ether oxygens (including phenoxy) is 1. The van der Waals surface area contributed by atoms with Gasteiger partial charge in [-0.2, -0.15) is 0 Å². The first-order valence-corrected chi connectivity index (χ1v) is 17.8. The Morgan fingerprint density at radius 2 is 1.73 bits per heavy atom. The largest absolute Gasteiger partial charge is 0.496 e. The van der Waals surface area contributed by atoms with Crippen molar-refractivity contribution in [2.75, 3.05) is 12.4 Å². The quantitative estimate of drug-likeness (QED) is 0.0786. The van der Waals surface area contributed by atoms with Gasteiger partial charge in [-0.25, -0.2) is 4.79 Å². The molecule has 262 valence electrons. The number of hydrogen-bond acceptors (Lipinski definition) is 6. The van der Waals surface area contributed by atoms with E-state index in [1.165, 1.54) is 37.3 Å². The van der Waals surface area contributed by atoms with E-state index >= 15 is 4.79 Å². The molecule has 0 saturated carbocycles. The van der Waals surface area contributed by atoms with Crippen molar-refractivity contribution >= 4 is 64.5 Å². The van der Waals surface area contributed by atoms with Gasteiger partial charge in [0.1, 0.15) is 17.1 Å². The van der Waals surface area contributed by atoms with Crippen LogP contribution in [0.15, 0.2) is 66.7 Å². The Bertz CT molecular complexity index is 1690. The van der Waals surface area contributed by atoms with Crippen molar-refractivity contribution in [2.24, 2.45) is 11.3 Å². The van der Waals surface area contributed by atoms with E-state index in [-0.39, 0.29) is 47.1 Å². The van der Waals surface area contributed by atoms with Gasteiger partial charge < -0.3 is 24.8 Å². The molecular formula is C37H44Cl2N4O5S. The summed E-state index contributed by atoms with van der Waals surface area (Å²) < 4.78 is 8.39. The highest BCUT2D eigenvalue weighted by atomic mass is 35.5. The number of anilines is 1. The maximum atomic E-state index is 15.1. The van der Waals surface area contributed by atoms with Crippen LogP contribution in [0, 0.1) is 16.7 Å². The zero-order valence-electron chi connectivity index (χ0n) is 28.6. The molecule has 0 spiro atoms. The van der Waals surface area contributed by atoms with Crippen LogP contribution in [0.4, 0.5) is 5.69 Å². The molecule has 0 radical (unpaired) electrons. The molecule has 3 aromatic carbocycles. The van der Waals surface area contributed by atoms with Crippen LogP contribution in [0.25, 0.3) is 0 Å². The summed E-state index contributed by atoms with van der Waals surface area (Å²) in [5.74, 6) is -1.64. The highest BCUT2D eigenvalue weighted by molar-refractivity contribution is 7.98. The Morgan fingerprint density at radius 1 is 1.04 bits per heavy atom. The van der Waals surface area contributed by atoms with Gasteiger partial charge in [0.25, 0.3) is 0 Å². The zero-order chi connectivity index (χ0) is 36.0. The summed E-state index contributed by atoms with van der Waals surface area (Å²) in [7, 11) is 1.36. The standard InChI is InChI=1S/C37H44Cl2N4O5S/c1-21(2)30(18-32(40)42-49-22(3)4)43-34(23-10-12-25(38)13-11-23)29(24-8-7-9-26(39)16-24)19-37(5,36(43)47)20-33(44)41-27-14-15-28(35(45)46)31(17-27)48-6/h7-17,21-22,29-30,34H,18-20H2,1-6H3,(H2,40,42)(H,41,44)(H,45,46)/t29-,30+,34-,37-/m1/s1. The molecule has 0 bridgehead atoms. The Kier molecular flexibility index (Phi) is 12.7. The number of aromatic carboxylic acids is 1. The number of likely N-dealkylation sites (tertiary alicyclic amines) is 1. The first kappa shape index (κ1) is 38.1. The Labute approximate surface area is 302 Å². The summed E-state index contributed by atoms with van der Waals surface area (Å²) >= 11 is 14.3. The molecule has 4 N–H and O–H groups in total. The number of nitrogens with zero attached hydrogens (tertiary/aromatic N) is 1.